The van der Waals surface area contributed by atoms with Crippen molar-refractivity contribution in [2.45, 2.75) is 44.6 Å². The van der Waals surface area contributed by atoms with Crippen molar-refractivity contribution in [3.8, 4) is 0 Å². The van der Waals surface area contributed by atoms with Crippen molar-refractivity contribution in [1.82, 2.24) is 15.1 Å². The normalized spacial score (nSPS) is 24.0. The number of fused-ring (bicyclic) bond motifs is 1. The lowest BCUT2D eigenvalue weighted by Crippen LogP contribution is -2.40. The molecule has 1 saturated heterocycles. The summed E-state index contributed by atoms with van der Waals surface area (Å²) in [6.07, 6.45) is 7.03. The molecule has 2 heterocycles. The lowest BCUT2D eigenvalue weighted by Gasteiger charge is -2.31. The lowest BCUT2D eigenvalue weighted by molar-refractivity contribution is 0.260. The van der Waals surface area contributed by atoms with Gasteiger partial charge in [0.2, 0.25) is 0 Å². The van der Waals surface area contributed by atoms with Crippen molar-refractivity contribution in [3.05, 3.63) is 16.3 Å². The van der Waals surface area contributed by atoms with Crippen LogP contribution >= 0.6 is 11.6 Å². The molecule has 1 aromatic rings. The van der Waals surface area contributed by atoms with E-state index in [1.807, 2.05) is 0 Å². The minimum Gasteiger partial charge on any atom is -0.364 e. The predicted molar refractivity (Wildman–Crippen MR) is 77.8 cm³/mol. The molecule has 0 amide bonds. The van der Waals surface area contributed by atoms with E-state index in [4.69, 9.17) is 11.6 Å². The molecular weight excluding hydrogens is 260 g/mol. The second-order valence-electron chi connectivity index (χ2n) is 5.75. The maximum absolute atomic E-state index is 6.17. The van der Waals surface area contributed by atoms with Crippen LogP contribution in [0.3, 0.4) is 0 Å². The molecule has 1 aliphatic heterocycles. The summed E-state index contributed by atoms with van der Waals surface area (Å²) in [7, 11) is 2.18. The van der Waals surface area contributed by atoms with E-state index in [1.165, 1.54) is 43.4 Å². The summed E-state index contributed by atoms with van der Waals surface area (Å²) in [5.41, 5.74) is 2.52. The monoisotopic (exact) mass is 280 g/mol. The van der Waals surface area contributed by atoms with Crippen molar-refractivity contribution in [1.29, 1.82) is 0 Å². The first-order chi connectivity index (χ1) is 9.24. The Morgan fingerprint density at radius 1 is 1.16 bits per heavy atom. The number of piperidine rings is 1. The Morgan fingerprint density at radius 2 is 1.95 bits per heavy atom. The van der Waals surface area contributed by atoms with Crippen LogP contribution in [-0.4, -0.2) is 41.3 Å². The number of likely N-dealkylation sites (tertiary alicyclic amines) is 1. The van der Waals surface area contributed by atoms with Gasteiger partial charge in [-0.15, -0.1) is 10.2 Å². The van der Waals surface area contributed by atoms with Gasteiger partial charge in [0.25, 0.3) is 0 Å². The van der Waals surface area contributed by atoms with Gasteiger partial charge in [0.1, 0.15) is 0 Å². The summed E-state index contributed by atoms with van der Waals surface area (Å²) >= 11 is 6.17. The second kappa shape index (κ2) is 5.63. The Bertz CT molecular complexity index is 463. The average molecular weight is 281 g/mol. The SMILES string of the molecule is CN1CCCC(Nc2nnc(Cl)c3c2CCCC3)C1. The Kier molecular flexibility index (Phi) is 3.89. The van der Waals surface area contributed by atoms with Crippen LogP contribution in [0.15, 0.2) is 0 Å². The minimum atomic E-state index is 0.486. The van der Waals surface area contributed by atoms with Gasteiger partial charge >= 0.3 is 0 Å². The molecule has 1 N–H and O–H groups in total. The highest BCUT2D eigenvalue weighted by Gasteiger charge is 2.22. The fourth-order valence-corrected chi connectivity index (χ4v) is 3.45. The van der Waals surface area contributed by atoms with Gasteiger partial charge in [-0.2, -0.15) is 0 Å². The van der Waals surface area contributed by atoms with Crippen LogP contribution in [0.1, 0.15) is 36.8 Å². The number of likely N-dealkylation sites (N-methyl/N-ethyl adjacent to an activating group) is 1. The first-order valence-electron chi connectivity index (χ1n) is 7.23. The average Bonchev–Trinajstić information content (AvgIpc) is 2.42. The van der Waals surface area contributed by atoms with Crippen LogP contribution in [-0.2, 0) is 12.8 Å². The molecule has 19 heavy (non-hydrogen) atoms. The first-order valence-corrected chi connectivity index (χ1v) is 7.61. The molecule has 1 unspecified atom stereocenters. The number of hydrogen-bond donors (Lipinski definition) is 1. The van der Waals surface area contributed by atoms with Gasteiger partial charge in [-0.1, -0.05) is 11.6 Å². The van der Waals surface area contributed by atoms with E-state index in [0.717, 1.165) is 25.2 Å². The molecule has 4 nitrogen and oxygen atoms in total. The highest BCUT2D eigenvalue weighted by atomic mass is 35.5. The van der Waals surface area contributed by atoms with E-state index < -0.39 is 0 Å². The molecule has 3 rings (SSSR count). The summed E-state index contributed by atoms with van der Waals surface area (Å²) in [6.45, 7) is 2.28. The predicted octanol–water partition coefficient (Wildman–Crippen LogP) is 2.51. The fraction of sp³-hybridized carbons (Fsp3) is 0.714. The lowest BCUT2D eigenvalue weighted by atomic mass is 9.93. The zero-order valence-corrected chi connectivity index (χ0v) is 12.2. The summed E-state index contributed by atoms with van der Waals surface area (Å²) < 4.78 is 0. The summed E-state index contributed by atoms with van der Waals surface area (Å²) in [5, 5.41) is 12.6. The Labute approximate surface area is 119 Å². The van der Waals surface area contributed by atoms with Gasteiger partial charge in [0.05, 0.1) is 0 Å². The molecule has 0 bridgehead atoms. The number of rotatable bonds is 2. The summed E-state index contributed by atoms with van der Waals surface area (Å²) in [5.74, 6) is 0.972. The molecule has 1 aromatic heterocycles. The number of anilines is 1. The number of nitrogens with zero attached hydrogens (tertiary/aromatic N) is 3. The highest BCUT2D eigenvalue weighted by Crippen LogP contribution is 2.30. The topological polar surface area (TPSA) is 41.0 Å². The smallest absolute Gasteiger partial charge is 0.155 e. The van der Waals surface area contributed by atoms with E-state index >= 15 is 0 Å². The number of hydrogen-bond acceptors (Lipinski definition) is 4. The van der Waals surface area contributed by atoms with Crippen molar-refractivity contribution < 1.29 is 0 Å². The van der Waals surface area contributed by atoms with Gasteiger partial charge in [-0.25, -0.2) is 0 Å². The van der Waals surface area contributed by atoms with Gasteiger partial charge in [-0.05, 0) is 57.7 Å². The van der Waals surface area contributed by atoms with Crippen molar-refractivity contribution in [2.75, 3.05) is 25.5 Å². The maximum atomic E-state index is 6.17. The summed E-state index contributed by atoms with van der Waals surface area (Å²) in [6, 6.07) is 0.486. The van der Waals surface area contributed by atoms with Crippen LogP contribution in [0.4, 0.5) is 5.82 Å². The van der Waals surface area contributed by atoms with E-state index in [1.54, 1.807) is 0 Å². The van der Waals surface area contributed by atoms with Gasteiger partial charge < -0.3 is 10.2 Å². The van der Waals surface area contributed by atoms with E-state index in [-0.39, 0.29) is 0 Å². The minimum absolute atomic E-state index is 0.486. The van der Waals surface area contributed by atoms with Gasteiger partial charge in [0, 0.05) is 18.2 Å². The van der Waals surface area contributed by atoms with Gasteiger partial charge in [-0.3, -0.25) is 0 Å². The maximum Gasteiger partial charge on any atom is 0.155 e. The molecule has 0 saturated carbocycles. The second-order valence-corrected chi connectivity index (χ2v) is 6.11. The van der Waals surface area contributed by atoms with E-state index in [9.17, 15) is 0 Å². The molecular formula is C14H21ClN4. The molecule has 5 heteroatoms. The summed E-state index contributed by atoms with van der Waals surface area (Å²) in [4.78, 5) is 2.37. The first kappa shape index (κ1) is 13.1. The molecule has 1 atom stereocenters. The van der Waals surface area contributed by atoms with E-state index in [0.29, 0.717) is 11.2 Å². The molecule has 2 aliphatic rings. The molecule has 0 radical (unpaired) electrons. The number of halogens is 1. The van der Waals surface area contributed by atoms with Crippen molar-refractivity contribution >= 4 is 17.4 Å². The zero-order valence-electron chi connectivity index (χ0n) is 11.5. The Hall–Kier alpha value is -0.870. The number of nitrogens with one attached hydrogen (secondary N) is 1. The van der Waals surface area contributed by atoms with Crippen LogP contribution in [0.5, 0.6) is 0 Å². The Morgan fingerprint density at radius 3 is 2.74 bits per heavy atom. The van der Waals surface area contributed by atoms with Crippen molar-refractivity contribution in [2.24, 2.45) is 0 Å². The fourth-order valence-electron chi connectivity index (χ4n) is 3.20. The van der Waals surface area contributed by atoms with Crippen LogP contribution < -0.4 is 5.32 Å². The molecule has 0 spiro atoms. The largest absolute Gasteiger partial charge is 0.364 e. The van der Waals surface area contributed by atoms with Gasteiger partial charge in [0.15, 0.2) is 11.0 Å². The number of aromatic nitrogens is 2. The third-order valence-corrected chi connectivity index (χ3v) is 4.51. The zero-order chi connectivity index (χ0) is 13.2. The molecule has 1 fully saturated rings. The molecule has 104 valence electrons. The van der Waals surface area contributed by atoms with Crippen LogP contribution in [0.25, 0.3) is 0 Å². The van der Waals surface area contributed by atoms with Crippen LogP contribution in [0, 0.1) is 0 Å². The standard InChI is InChI=1S/C14H21ClN4/c1-19-8-4-5-10(9-19)16-14-12-7-3-2-6-11(12)13(15)17-18-14/h10H,2-9H2,1H3,(H,16,18). The molecule has 0 aromatic carbocycles. The molecule has 1 aliphatic carbocycles. The highest BCUT2D eigenvalue weighted by molar-refractivity contribution is 6.30. The third kappa shape index (κ3) is 2.84. The third-order valence-electron chi connectivity index (χ3n) is 4.21. The van der Waals surface area contributed by atoms with Crippen molar-refractivity contribution in [3.63, 3.8) is 0 Å². The van der Waals surface area contributed by atoms with Crippen LogP contribution in [0.2, 0.25) is 5.15 Å². The van der Waals surface area contributed by atoms with E-state index in [2.05, 4.69) is 27.5 Å². The Balaban J connectivity index is 1.81. The quantitative estimate of drug-likeness (QED) is 0.904.